The number of aliphatic hydroxyl groups is 2. The zero-order valence-electron chi connectivity index (χ0n) is 30.9. The van der Waals surface area contributed by atoms with Gasteiger partial charge in [-0.2, -0.15) is 0 Å². The summed E-state index contributed by atoms with van der Waals surface area (Å²) in [6, 6.07) is 31.0. The van der Waals surface area contributed by atoms with Crippen molar-refractivity contribution in [2.45, 2.75) is 57.3 Å². The number of nitrogens with zero attached hydrogens (tertiary/aromatic N) is 1. The van der Waals surface area contributed by atoms with Crippen molar-refractivity contribution in [3.63, 3.8) is 0 Å². The number of hydrogen-bond acceptors (Lipinski definition) is 9. The number of rotatable bonds is 17. The van der Waals surface area contributed by atoms with Gasteiger partial charge in [0.2, 0.25) is 11.2 Å². The molecule has 10 nitrogen and oxygen atoms in total. The molecule has 4 aromatic carbocycles. The monoisotopic (exact) mass is 733 g/mol. The van der Waals surface area contributed by atoms with Gasteiger partial charge in [0.1, 0.15) is 11.5 Å². The first-order valence-corrected chi connectivity index (χ1v) is 18.9. The quantitative estimate of drug-likeness (QED) is 0.0565. The molecule has 1 fully saturated rings. The lowest BCUT2D eigenvalue weighted by atomic mass is 9.85. The van der Waals surface area contributed by atoms with Crippen molar-refractivity contribution in [1.82, 2.24) is 15.2 Å². The Hall–Kier alpha value is -5.00. The smallest absolute Gasteiger partial charge is 0.347 e. The zero-order chi connectivity index (χ0) is 37.9. The number of phenols is 1. The lowest BCUT2D eigenvalue weighted by Gasteiger charge is -2.33. The van der Waals surface area contributed by atoms with Crippen LogP contribution in [0.1, 0.15) is 66.0 Å². The number of unbranched alkanes of at least 4 members (excludes halogenated alkanes) is 2. The predicted octanol–water partition coefficient (Wildman–Crippen LogP) is 6.11. The molecule has 5 N–H and O–H groups in total. The molecule has 10 heteroatoms. The summed E-state index contributed by atoms with van der Waals surface area (Å²) in [4.78, 5) is 30.6. The number of aromatic nitrogens is 1. The predicted molar refractivity (Wildman–Crippen MR) is 209 cm³/mol. The van der Waals surface area contributed by atoms with Crippen LogP contribution in [0.25, 0.3) is 10.9 Å². The van der Waals surface area contributed by atoms with Gasteiger partial charge < -0.3 is 35.1 Å². The Labute approximate surface area is 316 Å². The van der Waals surface area contributed by atoms with Gasteiger partial charge in [-0.25, -0.2) is 4.79 Å². The van der Waals surface area contributed by atoms with Crippen molar-refractivity contribution >= 4 is 16.9 Å². The first-order valence-electron chi connectivity index (χ1n) is 18.9. The number of phenolic OH excluding ortho intramolecular Hbond substituents is 1. The largest absolute Gasteiger partial charge is 0.506 e. The highest BCUT2D eigenvalue weighted by atomic mass is 16.5. The van der Waals surface area contributed by atoms with Crippen molar-refractivity contribution in [2.24, 2.45) is 5.92 Å². The highest BCUT2D eigenvalue weighted by Gasteiger charge is 2.42. The highest BCUT2D eigenvalue weighted by Crippen LogP contribution is 2.34. The SMILES string of the molecule is Cc1cccc(C(O)(C(=O)OCC2CCN(Cc3ccccc3)CC2)c2cccc(OCCCCCNC[C@H](O)c3ccc(O)c4[nH]c(=O)ccc34)c2)c1. The average Bonchev–Trinajstić information content (AvgIpc) is 3.19. The summed E-state index contributed by atoms with van der Waals surface area (Å²) < 4.78 is 12.0. The molecule has 0 spiro atoms. The van der Waals surface area contributed by atoms with Gasteiger partial charge in [-0.05, 0) is 106 Å². The van der Waals surface area contributed by atoms with E-state index in [0.29, 0.717) is 53.0 Å². The van der Waals surface area contributed by atoms with E-state index in [9.17, 15) is 24.9 Å². The molecule has 284 valence electrons. The van der Waals surface area contributed by atoms with Crippen molar-refractivity contribution in [1.29, 1.82) is 0 Å². The van der Waals surface area contributed by atoms with Gasteiger partial charge in [-0.15, -0.1) is 0 Å². The van der Waals surface area contributed by atoms with Crippen LogP contribution in [0.2, 0.25) is 0 Å². The molecule has 1 unspecified atom stereocenters. The third kappa shape index (κ3) is 9.75. The molecule has 1 saturated heterocycles. The van der Waals surface area contributed by atoms with Crippen molar-refractivity contribution in [3.8, 4) is 11.5 Å². The molecule has 0 bridgehead atoms. The van der Waals surface area contributed by atoms with E-state index in [0.717, 1.165) is 57.3 Å². The number of H-pyrrole nitrogens is 1. The van der Waals surface area contributed by atoms with Gasteiger partial charge >= 0.3 is 5.97 Å². The number of pyridine rings is 1. The van der Waals surface area contributed by atoms with Gasteiger partial charge in [0.05, 0.1) is 24.8 Å². The first-order chi connectivity index (χ1) is 26.2. The van der Waals surface area contributed by atoms with Gasteiger partial charge in [0, 0.05) is 30.1 Å². The van der Waals surface area contributed by atoms with E-state index in [-0.39, 0.29) is 23.8 Å². The van der Waals surface area contributed by atoms with Crippen LogP contribution in [-0.4, -0.2) is 70.6 Å². The number of esters is 1. The molecule has 1 aliphatic heterocycles. The number of fused-ring (bicyclic) bond motifs is 1. The third-order valence-corrected chi connectivity index (χ3v) is 10.3. The zero-order valence-corrected chi connectivity index (χ0v) is 30.9. The van der Waals surface area contributed by atoms with Crippen LogP contribution < -0.4 is 15.6 Å². The molecule has 2 heterocycles. The topological polar surface area (TPSA) is 144 Å². The van der Waals surface area contributed by atoms with Crippen molar-refractivity contribution < 1.29 is 29.6 Å². The lowest BCUT2D eigenvalue weighted by molar-refractivity contribution is -0.164. The minimum atomic E-state index is -2.00. The second kappa shape index (κ2) is 18.4. The Bertz CT molecular complexity index is 2040. The lowest BCUT2D eigenvalue weighted by Crippen LogP contribution is -2.40. The Morgan fingerprint density at radius 2 is 1.69 bits per heavy atom. The van der Waals surface area contributed by atoms with Crippen molar-refractivity contribution in [2.75, 3.05) is 39.4 Å². The number of benzene rings is 4. The fourth-order valence-corrected chi connectivity index (χ4v) is 7.15. The number of aryl methyl sites for hydroxylation is 1. The van der Waals surface area contributed by atoms with E-state index in [4.69, 9.17) is 9.47 Å². The van der Waals surface area contributed by atoms with Crippen LogP contribution >= 0.6 is 0 Å². The summed E-state index contributed by atoms with van der Waals surface area (Å²) >= 11 is 0. The summed E-state index contributed by atoms with van der Waals surface area (Å²) in [5.41, 5.74) is 1.68. The summed E-state index contributed by atoms with van der Waals surface area (Å²) in [6.07, 6.45) is 3.58. The van der Waals surface area contributed by atoms with Crippen LogP contribution in [0.15, 0.2) is 108 Å². The maximum atomic E-state index is 13.9. The Kier molecular flexibility index (Phi) is 13.2. The number of ether oxygens (including phenoxy) is 2. The second-order valence-electron chi connectivity index (χ2n) is 14.3. The fourth-order valence-electron chi connectivity index (χ4n) is 7.15. The number of hydrogen-bond donors (Lipinski definition) is 5. The van der Waals surface area contributed by atoms with Crippen LogP contribution in [0.3, 0.4) is 0 Å². The number of aromatic hydroxyl groups is 1. The molecular formula is C44H51N3O7. The minimum absolute atomic E-state index is 0.0399. The van der Waals surface area contributed by atoms with E-state index < -0.39 is 17.7 Å². The maximum absolute atomic E-state index is 13.9. The Balaban J connectivity index is 0.976. The van der Waals surface area contributed by atoms with E-state index in [2.05, 4.69) is 39.5 Å². The van der Waals surface area contributed by atoms with E-state index in [1.807, 2.05) is 37.3 Å². The molecule has 0 saturated carbocycles. The van der Waals surface area contributed by atoms with Gasteiger partial charge in [-0.3, -0.25) is 9.69 Å². The molecule has 2 atom stereocenters. The second-order valence-corrected chi connectivity index (χ2v) is 14.3. The molecule has 0 amide bonds. The van der Waals surface area contributed by atoms with Crippen molar-refractivity contribution in [3.05, 3.63) is 141 Å². The van der Waals surface area contributed by atoms with Crippen LogP contribution in [0, 0.1) is 12.8 Å². The number of likely N-dealkylation sites (tertiary alicyclic amines) is 1. The molecule has 1 aromatic heterocycles. The Morgan fingerprint density at radius 1 is 0.926 bits per heavy atom. The number of aliphatic hydroxyl groups excluding tert-OH is 1. The van der Waals surface area contributed by atoms with Gasteiger partial charge in [0.15, 0.2) is 0 Å². The van der Waals surface area contributed by atoms with Crippen LogP contribution in [-0.2, 0) is 21.7 Å². The average molecular weight is 734 g/mol. The maximum Gasteiger partial charge on any atom is 0.347 e. The van der Waals surface area contributed by atoms with Crippen LogP contribution in [0.5, 0.6) is 11.5 Å². The third-order valence-electron chi connectivity index (χ3n) is 10.3. The normalized spacial score (nSPS) is 15.5. The molecule has 1 aliphatic rings. The van der Waals surface area contributed by atoms with E-state index in [1.54, 1.807) is 36.4 Å². The minimum Gasteiger partial charge on any atom is -0.506 e. The number of aromatic amines is 1. The number of piperidine rings is 1. The molecular weight excluding hydrogens is 682 g/mol. The fraction of sp³-hybridized carbons (Fsp3) is 0.364. The van der Waals surface area contributed by atoms with Crippen LogP contribution in [0.4, 0.5) is 0 Å². The summed E-state index contributed by atoms with van der Waals surface area (Å²) in [7, 11) is 0. The Morgan fingerprint density at radius 3 is 2.46 bits per heavy atom. The molecule has 0 radical (unpaired) electrons. The number of carbonyl (C=O) groups is 1. The first kappa shape index (κ1) is 38.7. The standard InChI is InChI=1S/C44H51N3O7/c1-31-10-8-13-34(26-31)44(52,43(51)54-30-33-20-23-47(24-21-33)29-32-11-4-2-5-12-32)35-14-9-15-36(27-35)53-25-7-3-6-22-45-28-40(49)37-16-18-39(48)42-38(37)17-19-41(50)46-42/h2,4-5,8-19,26-27,33,40,45,48-49,52H,3,6-7,20-25,28-30H2,1H3,(H,46,50)/t40-,44?/m0/s1. The summed E-state index contributed by atoms with van der Waals surface area (Å²) in [5, 5.41) is 37.0. The number of carbonyl (C=O) groups excluding carboxylic acids is 1. The van der Waals surface area contributed by atoms with E-state index in [1.165, 1.54) is 17.7 Å². The number of nitrogens with one attached hydrogen (secondary N) is 2. The van der Waals surface area contributed by atoms with E-state index >= 15 is 0 Å². The van der Waals surface area contributed by atoms with Gasteiger partial charge in [0.25, 0.3) is 0 Å². The molecule has 54 heavy (non-hydrogen) atoms. The summed E-state index contributed by atoms with van der Waals surface area (Å²) in [5.74, 6) is 0.0520. The highest BCUT2D eigenvalue weighted by molar-refractivity contribution is 5.87. The summed E-state index contributed by atoms with van der Waals surface area (Å²) in [6.45, 7) is 6.43. The molecule has 6 rings (SSSR count). The molecule has 0 aliphatic carbocycles. The molecule has 5 aromatic rings. The van der Waals surface area contributed by atoms with Gasteiger partial charge in [-0.1, -0.05) is 78.4 Å².